The number of rotatable bonds is 3. The van der Waals surface area contributed by atoms with Crippen LogP contribution in [0.2, 0.25) is 5.15 Å². The number of sulfone groups is 1. The normalized spacial score (nSPS) is 21.8. The molecule has 142 valence electrons. The fourth-order valence-corrected chi connectivity index (χ4v) is 5.64. The zero-order chi connectivity index (χ0) is 19.4. The van der Waals surface area contributed by atoms with E-state index in [1.165, 1.54) is 7.11 Å². The number of ether oxygens (including phenoxy) is 1. The molecule has 1 atom stereocenters. The second kappa shape index (κ2) is 6.25. The fraction of sp³-hybridized carbons (Fsp3) is 0.389. The van der Waals surface area contributed by atoms with Gasteiger partial charge in [0.05, 0.1) is 28.4 Å². The summed E-state index contributed by atoms with van der Waals surface area (Å²) in [5, 5.41) is 5.83. The van der Waals surface area contributed by atoms with Crippen molar-refractivity contribution in [3.63, 3.8) is 0 Å². The molecule has 0 bridgehead atoms. The molecule has 0 saturated carbocycles. The van der Waals surface area contributed by atoms with Crippen molar-refractivity contribution in [3.05, 3.63) is 46.5 Å². The Morgan fingerprint density at radius 1 is 1.26 bits per heavy atom. The number of methoxy groups -OCH3 is 1. The molecule has 0 N–H and O–H groups in total. The van der Waals surface area contributed by atoms with E-state index in [0.717, 1.165) is 22.2 Å². The molecule has 9 heteroatoms. The summed E-state index contributed by atoms with van der Waals surface area (Å²) in [6.45, 7) is 3.83. The number of nitrogens with zero attached hydrogens (tertiary/aromatic N) is 4. The van der Waals surface area contributed by atoms with Crippen molar-refractivity contribution in [3.8, 4) is 5.82 Å². The Kier molecular flexibility index (Phi) is 4.25. The van der Waals surface area contributed by atoms with Crippen molar-refractivity contribution in [2.75, 3.05) is 18.6 Å². The maximum Gasteiger partial charge on any atom is 0.154 e. The van der Waals surface area contributed by atoms with Crippen LogP contribution in [-0.4, -0.2) is 46.8 Å². The zero-order valence-corrected chi connectivity index (χ0v) is 16.8. The van der Waals surface area contributed by atoms with Gasteiger partial charge in [-0.05, 0) is 38.0 Å². The van der Waals surface area contributed by atoms with Crippen LogP contribution < -0.4 is 0 Å². The summed E-state index contributed by atoms with van der Waals surface area (Å²) in [6.07, 6.45) is 2.07. The molecule has 1 aliphatic rings. The molecule has 3 aromatic heterocycles. The third kappa shape index (κ3) is 3.11. The molecule has 0 aliphatic carbocycles. The standard InChI is InChI=1S/C18H19ClN4O3S/c1-11-6-15(18(26-3)4-5-27(24,25)10-18)21-17(7-11)23-14-8-16(19)20-9-13(14)12(2)22-23/h6-9H,4-5,10H2,1-3H3. The van der Waals surface area contributed by atoms with E-state index >= 15 is 0 Å². The SMILES string of the molecule is COC1(c2cc(C)cc(-n3nc(C)c4cnc(Cl)cc43)n2)CCS(=O)(=O)C1. The lowest BCUT2D eigenvalue weighted by Gasteiger charge is -2.26. The van der Waals surface area contributed by atoms with Crippen LogP contribution in [0, 0.1) is 13.8 Å². The van der Waals surface area contributed by atoms with E-state index in [1.54, 1.807) is 16.9 Å². The number of hydrogen-bond donors (Lipinski definition) is 0. The van der Waals surface area contributed by atoms with Crippen LogP contribution in [0.25, 0.3) is 16.7 Å². The second-order valence-electron chi connectivity index (χ2n) is 6.95. The van der Waals surface area contributed by atoms with E-state index in [0.29, 0.717) is 23.1 Å². The molecule has 0 radical (unpaired) electrons. The summed E-state index contributed by atoms with van der Waals surface area (Å²) < 4.78 is 31.6. The molecule has 1 saturated heterocycles. The van der Waals surface area contributed by atoms with Gasteiger partial charge in [-0.15, -0.1) is 0 Å². The molecule has 4 heterocycles. The van der Waals surface area contributed by atoms with Gasteiger partial charge in [-0.1, -0.05) is 11.6 Å². The summed E-state index contributed by atoms with van der Waals surface area (Å²) in [5.74, 6) is 0.615. The van der Waals surface area contributed by atoms with Gasteiger partial charge in [0.2, 0.25) is 0 Å². The first-order valence-corrected chi connectivity index (χ1v) is 10.7. The molecule has 0 amide bonds. The van der Waals surface area contributed by atoms with Crippen molar-refractivity contribution >= 4 is 32.3 Å². The topological polar surface area (TPSA) is 87.0 Å². The van der Waals surface area contributed by atoms with Gasteiger partial charge in [0.15, 0.2) is 15.7 Å². The largest absolute Gasteiger partial charge is 0.371 e. The van der Waals surface area contributed by atoms with Crippen LogP contribution in [0.1, 0.15) is 23.4 Å². The van der Waals surface area contributed by atoms with Gasteiger partial charge in [0, 0.05) is 24.8 Å². The van der Waals surface area contributed by atoms with Crippen molar-refractivity contribution < 1.29 is 13.2 Å². The van der Waals surface area contributed by atoms with Crippen LogP contribution in [0.4, 0.5) is 0 Å². The highest BCUT2D eigenvalue weighted by Gasteiger charge is 2.45. The average Bonchev–Trinajstić information content (AvgIpc) is 3.11. The Hall–Kier alpha value is -2.03. The minimum atomic E-state index is -3.15. The predicted octanol–water partition coefficient (Wildman–Crippen LogP) is 2.75. The van der Waals surface area contributed by atoms with E-state index in [9.17, 15) is 8.42 Å². The molecule has 0 spiro atoms. The number of hydrogen-bond acceptors (Lipinski definition) is 6. The molecule has 0 aromatic carbocycles. The van der Waals surface area contributed by atoms with Gasteiger partial charge in [-0.25, -0.2) is 23.1 Å². The zero-order valence-electron chi connectivity index (χ0n) is 15.2. The lowest BCUT2D eigenvalue weighted by Crippen LogP contribution is -2.31. The van der Waals surface area contributed by atoms with E-state index in [4.69, 9.17) is 21.3 Å². The quantitative estimate of drug-likeness (QED) is 0.621. The second-order valence-corrected chi connectivity index (χ2v) is 9.52. The van der Waals surface area contributed by atoms with Gasteiger partial charge >= 0.3 is 0 Å². The number of fused-ring (bicyclic) bond motifs is 1. The molecule has 7 nitrogen and oxygen atoms in total. The molecule has 1 fully saturated rings. The highest BCUT2D eigenvalue weighted by molar-refractivity contribution is 7.91. The summed E-state index contributed by atoms with van der Waals surface area (Å²) in [7, 11) is -1.62. The summed E-state index contributed by atoms with van der Waals surface area (Å²) in [5.41, 5.74) is 2.21. The Balaban J connectivity index is 1.91. The van der Waals surface area contributed by atoms with E-state index in [2.05, 4.69) is 10.1 Å². The number of aromatic nitrogens is 4. The molecule has 27 heavy (non-hydrogen) atoms. The minimum absolute atomic E-state index is 0.0684. The van der Waals surface area contributed by atoms with Crippen molar-refractivity contribution in [1.82, 2.24) is 19.7 Å². The highest BCUT2D eigenvalue weighted by atomic mass is 35.5. The maximum absolute atomic E-state index is 12.1. The molecule has 3 aromatic rings. The first kappa shape index (κ1) is 18.3. The van der Waals surface area contributed by atoms with E-state index in [1.807, 2.05) is 26.0 Å². The van der Waals surface area contributed by atoms with Crippen LogP contribution in [-0.2, 0) is 20.2 Å². The van der Waals surface area contributed by atoms with Gasteiger partial charge in [-0.3, -0.25) is 0 Å². The lowest BCUT2D eigenvalue weighted by molar-refractivity contribution is 0.00493. The lowest BCUT2D eigenvalue weighted by atomic mass is 9.97. The highest BCUT2D eigenvalue weighted by Crippen LogP contribution is 2.37. The van der Waals surface area contributed by atoms with Crippen molar-refractivity contribution in [2.45, 2.75) is 25.9 Å². The summed E-state index contributed by atoms with van der Waals surface area (Å²) >= 11 is 6.07. The number of pyridine rings is 2. The van der Waals surface area contributed by atoms with E-state index in [-0.39, 0.29) is 11.5 Å². The Morgan fingerprint density at radius 3 is 2.70 bits per heavy atom. The van der Waals surface area contributed by atoms with Crippen LogP contribution in [0.3, 0.4) is 0 Å². The number of aryl methyl sites for hydroxylation is 2. The Morgan fingerprint density at radius 2 is 2.04 bits per heavy atom. The van der Waals surface area contributed by atoms with Gasteiger partial charge in [-0.2, -0.15) is 5.10 Å². The Bertz CT molecular complexity index is 1160. The third-order valence-electron chi connectivity index (χ3n) is 5.02. The number of halogens is 1. The summed E-state index contributed by atoms with van der Waals surface area (Å²) in [6, 6.07) is 5.52. The molecule has 4 rings (SSSR count). The van der Waals surface area contributed by atoms with Crippen molar-refractivity contribution in [1.29, 1.82) is 0 Å². The van der Waals surface area contributed by atoms with Crippen LogP contribution >= 0.6 is 11.6 Å². The monoisotopic (exact) mass is 406 g/mol. The van der Waals surface area contributed by atoms with Gasteiger partial charge in [0.25, 0.3) is 0 Å². The smallest absolute Gasteiger partial charge is 0.154 e. The van der Waals surface area contributed by atoms with Crippen LogP contribution in [0.15, 0.2) is 24.4 Å². The molecule has 1 unspecified atom stereocenters. The molecule has 1 aliphatic heterocycles. The summed E-state index contributed by atoms with van der Waals surface area (Å²) in [4.78, 5) is 8.85. The maximum atomic E-state index is 12.1. The average molecular weight is 407 g/mol. The molecular formula is C18H19ClN4O3S. The van der Waals surface area contributed by atoms with E-state index < -0.39 is 15.4 Å². The first-order valence-electron chi connectivity index (χ1n) is 8.49. The predicted molar refractivity (Wildman–Crippen MR) is 103 cm³/mol. The third-order valence-corrected chi connectivity index (χ3v) is 6.96. The van der Waals surface area contributed by atoms with Crippen LogP contribution in [0.5, 0.6) is 0 Å². The Labute approximate surface area is 162 Å². The van der Waals surface area contributed by atoms with Gasteiger partial charge in [0.1, 0.15) is 10.8 Å². The van der Waals surface area contributed by atoms with Crippen molar-refractivity contribution in [2.24, 2.45) is 0 Å². The minimum Gasteiger partial charge on any atom is -0.371 e. The first-order chi connectivity index (χ1) is 12.7. The molecular weight excluding hydrogens is 388 g/mol. The fourth-order valence-electron chi connectivity index (χ4n) is 3.58. The van der Waals surface area contributed by atoms with Gasteiger partial charge < -0.3 is 4.74 Å².